The van der Waals surface area contributed by atoms with Crippen LogP contribution in [-0.2, 0) is 0 Å². The lowest BCUT2D eigenvalue weighted by atomic mass is 10.1. The number of ether oxygens (including phenoxy) is 1. The van der Waals surface area contributed by atoms with Crippen LogP contribution in [0.25, 0.3) is 21.5 Å². The molecule has 3 heterocycles. The summed E-state index contributed by atoms with van der Waals surface area (Å²) < 4.78 is 12.2. The first-order chi connectivity index (χ1) is 14.1. The number of nitrogens with one attached hydrogen (secondary N) is 1. The fraction of sp³-hybridized carbons (Fsp3) is 0.200. The standard InChI is InChI=1S/C20H17N5O3S/c1-27-13-4-2-3-11(9-13)15-8-7-14-17(21)18(29-20(14)22-15)19(26)23-16-10-25(24-28-16)12-5-6-12/h2-4,7-10,12H,5-6H2,1H3,(H2-,21,23,24,26)/p+1. The molecule has 29 heavy (non-hydrogen) atoms. The summed E-state index contributed by atoms with van der Waals surface area (Å²) in [6, 6.07) is 11.8. The molecule has 8 nitrogen and oxygen atoms in total. The molecule has 0 saturated heterocycles. The summed E-state index contributed by atoms with van der Waals surface area (Å²) in [6.07, 6.45) is 3.85. The highest BCUT2D eigenvalue weighted by atomic mass is 32.1. The SMILES string of the molecule is COc1cccc(-c2ccc3c(N)c(C(=O)Nc4c[n+](C5CC5)no4)sc3n2)c1. The van der Waals surface area contributed by atoms with Crippen molar-refractivity contribution in [2.45, 2.75) is 18.9 Å². The number of benzene rings is 1. The van der Waals surface area contributed by atoms with Crippen molar-refractivity contribution in [1.82, 2.24) is 10.3 Å². The third kappa shape index (κ3) is 3.29. The first-order valence-corrected chi connectivity index (χ1v) is 9.97. The van der Waals surface area contributed by atoms with E-state index in [2.05, 4.69) is 10.6 Å². The quantitative estimate of drug-likeness (QED) is 0.490. The molecular weight excluding hydrogens is 390 g/mol. The Morgan fingerprint density at radius 1 is 1.34 bits per heavy atom. The number of nitrogen functional groups attached to an aromatic ring is 1. The van der Waals surface area contributed by atoms with Crippen molar-refractivity contribution in [3.8, 4) is 17.0 Å². The summed E-state index contributed by atoms with van der Waals surface area (Å²) in [4.78, 5) is 18.5. The van der Waals surface area contributed by atoms with E-state index in [1.807, 2.05) is 36.4 Å². The third-order valence-electron chi connectivity index (χ3n) is 4.81. The van der Waals surface area contributed by atoms with Gasteiger partial charge in [-0.2, -0.15) is 0 Å². The average Bonchev–Trinajstić information content (AvgIpc) is 3.41. The number of fused-ring (bicyclic) bond motifs is 1. The summed E-state index contributed by atoms with van der Waals surface area (Å²) in [5.41, 5.74) is 8.34. The molecule has 1 saturated carbocycles. The summed E-state index contributed by atoms with van der Waals surface area (Å²) in [5.74, 6) is 0.710. The second-order valence-electron chi connectivity index (χ2n) is 6.86. The highest BCUT2D eigenvalue weighted by Gasteiger charge is 2.36. The van der Waals surface area contributed by atoms with Gasteiger partial charge in [0.2, 0.25) is 5.27 Å². The number of nitrogens with two attached hydrogens (primary N) is 1. The van der Waals surface area contributed by atoms with Gasteiger partial charge in [-0.1, -0.05) is 12.1 Å². The van der Waals surface area contributed by atoms with Crippen molar-refractivity contribution < 1.29 is 18.7 Å². The van der Waals surface area contributed by atoms with Crippen molar-refractivity contribution in [1.29, 1.82) is 0 Å². The van der Waals surface area contributed by atoms with Crippen LogP contribution in [0.15, 0.2) is 47.1 Å². The van der Waals surface area contributed by atoms with Crippen molar-refractivity contribution >= 4 is 39.0 Å². The lowest BCUT2D eigenvalue weighted by Gasteiger charge is -2.04. The minimum absolute atomic E-state index is 0.295. The number of rotatable bonds is 5. The smallest absolute Gasteiger partial charge is 0.302 e. The molecule has 0 spiro atoms. The zero-order valence-corrected chi connectivity index (χ0v) is 16.4. The van der Waals surface area contributed by atoms with Gasteiger partial charge in [-0.3, -0.25) is 14.6 Å². The second kappa shape index (κ2) is 6.85. The Kier molecular flexibility index (Phi) is 4.17. The molecule has 0 aliphatic heterocycles. The molecule has 5 rings (SSSR count). The molecule has 4 aromatic rings. The lowest BCUT2D eigenvalue weighted by molar-refractivity contribution is -0.765. The molecule has 0 bridgehead atoms. The van der Waals surface area contributed by atoms with Crippen LogP contribution in [0.2, 0.25) is 0 Å². The molecule has 0 unspecified atom stereocenters. The number of methoxy groups -OCH3 is 1. The van der Waals surface area contributed by atoms with Crippen LogP contribution in [0, 0.1) is 0 Å². The van der Waals surface area contributed by atoms with Crippen LogP contribution >= 0.6 is 11.3 Å². The van der Waals surface area contributed by atoms with Gasteiger partial charge in [0.15, 0.2) is 6.04 Å². The van der Waals surface area contributed by atoms with Gasteiger partial charge >= 0.3 is 5.88 Å². The molecule has 9 heteroatoms. The molecule has 3 aromatic heterocycles. The van der Waals surface area contributed by atoms with Gasteiger partial charge in [0.05, 0.1) is 18.5 Å². The highest BCUT2D eigenvalue weighted by Crippen LogP contribution is 2.35. The number of thiophene rings is 1. The summed E-state index contributed by atoms with van der Waals surface area (Å²) in [6.45, 7) is 0. The molecule has 1 fully saturated rings. The maximum atomic E-state index is 12.7. The minimum Gasteiger partial charge on any atom is -0.497 e. The number of anilines is 2. The number of hydrogen-bond donors (Lipinski definition) is 2. The van der Waals surface area contributed by atoms with Crippen molar-refractivity contribution in [2.24, 2.45) is 0 Å². The first kappa shape index (κ1) is 17.6. The minimum atomic E-state index is -0.340. The van der Waals surface area contributed by atoms with E-state index in [4.69, 9.17) is 20.0 Å². The van der Waals surface area contributed by atoms with Crippen LogP contribution in [0.4, 0.5) is 11.6 Å². The molecule has 3 N–H and O–H groups in total. The zero-order valence-electron chi connectivity index (χ0n) is 15.6. The monoisotopic (exact) mass is 408 g/mol. The maximum Gasteiger partial charge on any atom is 0.302 e. The van der Waals surface area contributed by atoms with Crippen molar-refractivity contribution in [3.63, 3.8) is 0 Å². The normalized spacial score (nSPS) is 13.6. The van der Waals surface area contributed by atoms with E-state index in [0.717, 1.165) is 35.2 Å². The van der Waals surface area contributed by atoms with Gasteiger partial charge in [-0.05, 0) is 28.9 Å². The topological polar surface area (TPSA) is 107 Å². The summed E-state index contributed by atoms with van der Waals surface area (Å²) in [7, 11) is 1.63. The number of carbonyl (C=O) groups is 1. The highest BCUT2D eigenvalue weighted by molar-refractivity contribution is 7.21. The third-order valence-corrected chi connectivity index (χ3v) is 5.92. The van der Waals surface area contributed by atoms with Gasteiger partial charge in [0.25, 0.3) is 12.1 Å². The van der Waals surface area contributed by atoms with Crippen LogP contribution in [0.5, 0.6) is 5.75 Å². The molecule has 0 atom stereocenters. The molecular formula is C20H18N5O3S+. The molecule has 1 aliphatic rings. The molecule has 1 aliphatic carbocycles. The Labute approximate surface area is 169 Å². The van der Waals surface area contributed by atoms with Gasteiger partial charge in [0.1, 0.15) is 15.5 Å². The first-order valence-electron chi connectivity index (χ1n) is 9.15. The van der Waals surface area contributed by atoms with Crippen molar-refractivity contribution in [3.05, 3.63) is 47.5 Å². The van der Waals surface area contributed by atoms with Crippen LogP contribution in [-0.4, -0.2) is 23.3 Å². The summed E-state index contributed by atoms with van der Waals surface area (Å²) in [5, 5.41) is 7.40. The Hall–Kier alpha value is -3.46. The van der Waals surface area contributed by atoms with Gasteiger partial charge in [-0.15, -0.1) is 11.3 Å². The van der Waals surface area contributed by atoms with E-state index in [1.54, 1.807) is 18.0 Å². The number of carbonyl (C=O) groups excluding carboxylic acids is 1. The summed E-state index contributed by atoms with van der Waals surface area (Å²) >= 11 is 1.25. The number of hydrogen-bond acceptors (Lipinski definition) is 7. The Morgan fingerprint density at radius 3 is 3.00 bits per heavy atom. The lowest BCUT2D eigenvalue weighted by Crippen LogP contribution is -2.32. The fourth-order valence-electron chi connectivity index (χ4n) is 3.10. The Bertz CT molecular complexity index is 1230. The second-order valence-corrected chi connectivity index (χ2v) is 7.86. The number of pyridine rings is 1. The molecule has 146 valence electrons. The number of amides is 1. The van der Waals surface area contributed by atoms with E-state index in [0.29, 0.717) is 27.3 Å². The molecule has 1 amide bonds. The maximum absolute atomic E-state index is 12.7. The van der Waals surface area contributed by atoms with E-state index in [-0.39, 0.29) is 5.91 Å². The largest absolute Gasteiger partial charge is 0.497 e. The van der Waals surface area contributed by atoms with E-state index >= 15 is 0 Å². The predicted molar refractivity (Wildman–Crippen MR) is 109 cm³/mol. The van der Waals surface area contributed by atoms with Crippen molar-refractivity contribution in [2.75, 3.05) is 18.2 Å². The van der Waals surface area contributed by atoms with E-state index in [1.165, 1.54) is 11.3 Å². The Balaban J connectivity index is 1.44. The number of aromatic nitrogens is 3. The van der Waals surface area contributed by atoms with E-state index < -0.39 is 0 Å². The van der Waals surface area contributed by atoms with Gasteiger partial charge in [-0.25, -0.2) is 4.98 Å². The van der Waals surface area contributed by atoms with Crippen LogP contribution in [0.3, 0.4) is 0 Å². The van der Waals surface area contributed by atoms with E-state index in [9.17, 15) is 4.79 Å². The molecule has 1 aromatic carbocycles. The number of nitrogens with zero attached hydrogens (tertiary/aromatic N) is 3. The van der Waals surface area contributed by atoms with Gasteiger partial charge in [0, 0.05) is 23.8 Å². The van der Waals surface area contributed by atoms with Crippen LogP contribution < -0.4 is 20.5 Å². The van der Waals surface area contributed by atoms with Gasteiger partial charge < -0.3 is 10.5 Å². The fourth-order valence-corrected chi connectivity index (χ4v) is 4.09. The predicted octanol–water partition coefficient (Wildman–Crippen LogP) is 3.42. The molecule has 0 radical (unpaired) electrons. The average molecular weight is 408 g/mol. The van der Waals surface area contributed by atoms with Crippen LogP contribution in [0.1, 0.15) is 28.6 Å². The Morgan fingerprint density at radius 2 is 2.21 bits per heavy atom. The zero-order chi connectivity index (χ0) is 20.0.